The van der Waals surface area contributed by atoms with Crippen LogP contribution in [0.1, 0.15) is 47.0 Å². The quantitative estimate of drug-likeness (QED) is 0.218. The van der Waals surface area contributed by atoms with Crippen LogP contribution in [0.3, 0.4) is 0 Å². The van der Waals surface area contributed by atoms with Crippen LogP contribution < -0.4 is 14.7 Å². The SMILES string of the molecule is Cc1cccc(F)c1N1CCC(N2Cc3cn(C4CN(c5nnc(C(F)(F)F)o5)C4)nc3N(Cc3ccccc3C(F)(F)F)C2=O)CC1. The number of urea groups is 1. The number of rotatable bonds is 6. The van der Waals surface area contributed by atoms with E-state index in [9.17, 15) is 35.5 Å². The number of carbonyl (C=O) groups is 1. The maximum atomic E-state index is 14.7. The highest BCUT2D eigenvalue weighted by molar-refractivity contribution is 5.94. The third kappa shape index (κ3) is 5.78. The molecule has 7 rings (SSSR count). The summed E-state index contributed by atoms with van der Waals surface area (Å²) in [5, 5.41) is 11.1. The van der Waals surface area contributed by atoms with Crippen molar-refractivity contribution in [2.24, 2.45) is 0 Å². The van der Waals surface area contributed by atoms with Crippen LogP contribution in [0.5, 0.6) is 0 Å². The fraction of sp³-hybridized carbons (Fsp3) is 0.419. The number of aryl methyl sites for hydroxylation is 1. The minimum Gasteiger partial charge on any atom is -0.399 e. The van der Waals surface area contributed by atoms with Crippen molar-refractivity contribution >= 4 is 23.6 Å². The van der Waals surface area contributed by atoms with Crippen LogP contribution in [-0.4, -0.2) is 63.1 Å². The number of para-hydroxylation sites is 1. The van der Waals surface area contributed by atoms with E-state index in [1.165, 1.54) is 34.1 Å². The van der Waals surface area contributed by atoms with Crippen LogP contribution in [0.2, 0.25) is 0 Å². The summed E-state index contributed by atoms with van der Waals surface area (Å²) in [6.07, 6.45) is -6.69. The molecule has 2 fully saturated rings. The first-order valence-electron chi connectivity index (χ1n) is 15.2. The molecule has 0 spiro atoms. The first-order valence-corrected chi connectivity index (χ1v) is 15.2. The van der Waals surface area contributed by atoms with Crippen molar-refractivity contribution in [2.45, 2.75) is 57.3 Å². The molecule has 2 aromatic carbocycles. The summed E-state index contributed by atoms with van der Waals surface area (Å²) in [4.78, 5) is 20.4. The summed E-state index contributed by atoms with van der Waals surface area (Å²) in [7, 11) is 0. The van der Waals surface area contributed by atoms with E-state index in [4.69, 9.17) is 4.42 Å². The first kappa shape index (κ1) is 31.8. The summed E-state index contributed by atoms with van der Waals surface area (Å²) < 4.78 is 102. The molecule has 0 aliphatic carbocycles. The standard InChI is InChI=1S/C31H29F7N8O2/c1-18-5-4-8-24(32)25(18)42-11-9-21(10-12-42)44-14-20-15-46(22-16-43(17-22)28-40-39-27(48-28)31(36,37)38)41-26(20)45(29(44)47)13-19-6-2-3-7-23(19)30(33,34)35/h2-8,15,21-22H,9-14,16-17H2,1H3. The number of hydrogen-bond acceptors (Lipinski definition) is 7. The molecular formula is C31H29F7N8O2. The number of carbonyl (C=O) groups excluding carboxylic acids is 1. The van der Waals surface area contributed by atoms with Gasteiger partial charge in [-0.25, -0.2) is 9.18 Å². The zero-order valence-corrected chi connectivity index (χ0v) is 25.5. The van der Waals surface area contributed by atoms with E-state index < -0.39 is 29.8 Å². The number of aromatic nitrogens is 4. The number of nitrogens with zero attached hydrogens (tertiary/aromatic N) is 8. The Bertz CT molecular complexity index is 1800. The Balaban J connectivity index is 1.14. The van der Waals surface area contributed by atoms with Crippen molar-refractivity contribution in [3.8, 4) is 0 Å². The molecule has 4 aromatic rings. The van der Waals surface area contributed by atoms with Gasteiger partial charge in [0.25, 0.3) is 0 Å². The average Bonchev–Trinajstić information content (AvgIpc) is 3.66. The highest BCUT2D eigenvalue weighted by Gasteiger charge is 2.43. The number of hydrogen-bond donors (Lipinski definition) is 0. The third-order valence-corrected chi connectivity index (χ3v) is 9.08. The topological polar surface area (TPSA) is 86.8 Å². The van der Waals surface area contributed by atoms with E-state index in [0.717, 1.165) is 11.6 Å². The predicted octanol–water partition coefficient (Wildman–Crippen LogP) is 6.42. The van der Waals surface area contributed by atoms with Gasteiger partial charge in [-0.05, 0) is 43.0 Å². The van der Waals surface area contributed by atoms with Gasteiger partial charge in [-0.2, -0.15) is 31.4 Å². The highest BCUT2D eigenvalue weighted by Crippen LogP contribution is 2.39. The van der Waals surface area contributed by atoms with Crippen molar-refractivity contribution < 1.29 is 39.9 Å². The molecule has 48 heavy (non-hydrogen) atoms. The van der Waals surface area contributed by atoms with Gasteiger partial charge in [0.1, 0.15) is 5.82 Å². The molecule has 17 heteroatoms. The Morgan fingerprint density at radius 1 is 0.896 bits per heavy atom. The lowest BCUT2D eigenvalue weighted by Gasteiger charge is -2.43. The van der Waals surface area contributed by atoms with Gasteiger partial charge in [-0.15, -0.1) is 5.10 Å². The second-order valence-corrected chi connectivity index (χ2v) is 12.2. The van der Waals surface area contributed by atoms with Gasteiger partial charge < -0.3 is 19.1 Å². The van der Waals surface area contributed by atoms with Crippen molar-refractivity contribution in [3.63, 3.8) is 0 Å². The second-order valence-electron chi connectivity index (χ2n) is 12.2. The lowest BCUT2D eigenvalue weighted by molar-refractivity contribution is -0.157. The zero-order chi connectivity index (χ0) is 34.0. The molecule has 2 aromatic heterocycles. The van der Waals surface area contributed by atoms with E-state index in [1.807, 2.05) is 17.9 Å². The molecule has 10 nitrogen and oxygen atoms in total. The van der Waals surface area contributed by atoms with E-state index in [-0.39, 0.29) is 61.5 Å². The fourth-order valence-corrected chi connectivity index (χ4v) is 6.64. The Morgan fingerprint density at radius 2 is 1.62 bits per heavy atom. The zero-order valence-electron chi connectivity index (χ0n) is 25.5. The number of fused-ring (bicyclic) bond motifs is 1. The van der Waals surface area contributed by atoms with Crippen molar-refractivity contribution in [2.75, 3.05) is 40.9 Å². The maximum Gasteiger partial charge on any atom is 0.470 e. The van der Waals surface area contributed by atoms with Crippen LogP contribution in [0, 0.1) is 12.7 Å². The van der Waals surface area contributed by atoms with Crippen LogP contribution in [0.15, 0.2) is 53.1 Å². The maximum absolute atomic E-state index is 14.7. The minimum atomic E-state index is -4.78. The Labute approximate surface area is 269 Å². The largest absolute Gasteiger partial charge is 0.470 e. The normalized spacial score (nSPS) is 18.0. The highest BCUT2D eigenvalue weighted by atomic mass is 19.4. The van der Waals surface area contributed by atoms with Gasteiger partial charge in [0.2, 0.25) is 0 Å². The second kappa shape index (κ2) is 11.7. The molecule has 3 aliphatic rings. The summed E-state index contributed by atoms with van der Waals surface area (Å²) >= 11 is 0. The number of amides is 2. The predicted molar refractivity (Wildman–Crippen MR) is 158 cm³/mol. The number of alkyl halides is 6. The molecule has 3 aliphatic heterocycles. The van der Waals surface area contributed by atoms with Gasteiger partial charge in [-0.1, -0.05) is 35.4 Å². The van der Waals surface area contributed by atoms with Crippen molar-refractivity contribution in [1.29, 1.82) is 0 Å². The van der Waals surface area contributed by atoms with Crippen LogP contribution in [0.25, 0.3) is 0 Å². The molecule has 254 valence electrons. The third-order valence-electron chi connectivity index (χ3n) is 9.08. The van der Waals surface area contributed by atoms with Gasteiger partial charge in [0.05, 0.1) is 30.4 Å². The van der Waals surface area contributed by atoms with Crippen molar-refractivity contribution in [3.05, 3.63) is 82.6 Å². The van der Waals surface area contributed by atoms with E-state index in [0.29, 0.717) is 37.2 Å². The van der Waals surface area contributed by atoms with Crippen molar-refractivity contribution in [1.82, 2.24) is 24.9 Å². The molecule has 2 saturated heterocycles. The summed E-state index contributed by atoms with van der Waals surface area (Å²) in [6.45, 7) is 2.92. The molecule has 0 unspecified atom stereocenters. The molecule has 5 heterocycles. The molecule has 0 N–H and O–H groups in total. The monoisotopic (exact) mass is 678 g/mol. The Morgan fingerprint density at radius 3 is 2.29 bits per heavy atom. The van der Waals surface area contributed by atoms with Gasteiger partial charge >= 0.3 is 30.3 Å². The minimum absolute atomic E-state index is 0.0998. The lowest BCUT2D eigenvalue weighted by atomic mass is 10.00. The average molecular weight is 679 g/mol. The van der Waals surface area contributed by atoms with E-state index in [2.05, 4.69) is 15.3 Å². The summed E-state index contributed by atoms with van der Waals surface area (Å²) in [6, 6.07) is 8.54. The number of anilines is 3. The van der Waals surface area contributed by atoms with Gasteiger partial charge in [0.15, 0.2) is 5.82 Å². The lowest BCUT2D eigenvalue weighted by Crippen LogP contribution is -2.54. The molecule has 0 atom stereocenters. The van der Waals surface area contributed by atoms with E-state index >= 15 is 0 Å². The van der Waals surface area contributed by atoms with Crippen LogP contribution >= 0.6 is 0 Å². The van der Waals surface area contributed by atoms with Gasteiger partial charge in [-0.3, -0.25) is 9.58 Å². The summed E-state index contributed by atoms with van der Waals surface area (Å²) in [5.74, 6) is -1.58. The first-order chi connectivity index (χ1) is 22.8. The molecule has 0 bridgehead atoms. The molecule has 2 amide bonds. The summed E-state index contributed by atoms with van der Waals surface area (Å²) in [5.41, 5.74) is 0.958. The molecular weight excluding hydrogens is 649 g/mol. The van der Waals surface area contributed by atoms with E-state index in [1.54, 1.807) is 21.8 Å². The number of halogens is 7. The Hall–Kier alpha value is -4.83. The van der Waals surface area contributed by atoms with Crippen LogP contribution in [-0.2, 0) is 25.4 Å². The number of benzene rings is 2. The number of piperidine rings is 1. The fourth-order valence-electron chi connectivity index (χ4n) is 6.64. The smallest absolute Gasteiger partial charge is 0.399 e. The molecule has 0 radical (unpaired) electrons. The Kier molecular flexibility index (Phi) is 7.74. The van der Waals surface area contributed by atoms with Gasteiger partial charge in [0, 0.05) is 44.0 Å². The van der Waals surface area contributed by atoms with Crippen LogP contribution in [0.4, 0.5) is 53.0 Å². The molecule has 0 saturated carbocycles.